The SMILES string of the molecule is C=CCN1CCN(CC=C)[C]1=[Cu].Cl. The summed E-state index contributed by atoms with van der Waals surface area (Å²) >= 11 is 5.40. The van der Waals surface area contributed by atoms with E-state index in [0.717, 1.165) is 30.8 Å². The predicted octanol–water partition coefficient (Wildman–Crippen LogP) is 1.03. The van der Waals surface area contributed by atoms with Crippen molar-refractivity contribution >= 4 is 17.1 Å². The first-order valence-electron chi connectivity index (χ1n) is 4.00. The van der Waals surface area contributed by atoms with Crippen LogP contribution in [-0.2, 0) is 15.6 Å². The first-order valence-corrected chi connectivity index (χ1v) is 4.47. The van der Waals surface area contributed by atoms with Crippen molar-refractivity contribution < 1.29 is 15.6 Å². The van der Waals surface area contributed by atoms with Crippen LogP contribution in [0.15, 0.2) is 25.3 Å². The zero-order chi connectivity index (χ0) is 8.97. The molecule has 2 nitrogen and oxygen atoms in total. The topological polar surface area (TPSA) is 6.48 Å². The van der Waals surface area contributed by atoms with Crippen molar-refractivity contribution in [3.8, 4) is 0 Å². The van der Waals surface area contributed by atoms with Gasteiger partial charge >= 0.3 is 81.5 Å². The Morgan fingerprint density at radius 3 is 1.85 bits per heavy atom. The normalized spacial score (nSPS) is 18.5. The summed E-state index contributed by atoms with van der Waals surface area (Å²) in [7, 11) is 0. The van der Waals surface area contributed by atoms with Crippen molar-refractivity contribution in [2.45, 2.75) is 0 Å². The van der Waals surface area contributed by atoms with Crippen LogP contribution >= 0.6 is 12.4 Å². The van der Waals surface area contributed by atoms with Gasteiger partial charge in [-0.2, -0.15) is 0 Å². The third kappa shape index (κ3) is 3.37. The Hall–Kier alpha value is 0.0795. The fraction of sp³-hybridized carbons (Fsp3) is 0.444. The summed E-state index contributed by atoms with van der Waals surface area (Å²) in [4.78, 5) is 4.27. The largest absolute Gasteiger partial charge is 0.147 e. The molecule has 0 bridgehead atoms. The Morgan fingerprint density at radius 2 is 1.54 bits per heavy atom. The summed E-state index contributed by atoms with van der Waals surface area (Å²) in [6.45, 7) is 11.1. The van der Waals surface area contributed by atoms with Gasteiger partial charge in [0.25, 0.3) is 0 Å². The van der Waals surface area contributed by atoms with E-state index < -0.39 is 0 Å². The zero-order valence-electron chi connectivity index (χ0n) is 7.50. The molecule has 0 N–H and O–H groups in total. The van der Waals surface area contributed by atoms with Crippen molar-refractivity contribution in [3.05, 3.63) is 25.3 Å². The number of halogens is 1. The van der Waals surface area contributed by atoms with E-state index >= 15 is 0 Å². The quantitative estimate of drug-likeness (QED) is 0.543. The fourth-order valence-electron chi connectivity index (χ4n) is 1.24. The maximum absolute atomic E-state index is 5.40. The van der Waals surface area contributed by atoms with Crippen LogP contribution in [0.2, 0.25) is 0 Å². The van der Waals surface area contributed by atoms with E-state index in [1.54, 1.807) is 0 Å². The number of nitrogens with zero attached hydrogens (tertiary/aromatic N) is 2. The molecule has 1 aliphatic rings. The first-order chi connectivity index (χ1) is 5.79. The predicted molar refractivity (Wildman–Crippen MR) is 55.8 cm³/mol. The summed E-state index contributed by atoms with van der Waals surface area (Å²) in [6, 6.07) is 0. The summed E-state index contributed by atoms with van der Waals surface area (Å²) < 4.78 is 0.905. The Morgan fingerprint density at radius 1 is 1.15 bits per heavy atom. The molecule has 1 rings (SSSR count). The van der Waals surface area contributed by atoms with Gasteiger partial charge in [0.05, 0.1) is 0 Å². The fourth-order valence-corrected chi connectivity index (χ4v) is 1.62. The average Bonchev–Trinajstić information content (AvgIpc) is 2.38. The van der Waals surface area contributed by atoms with Crippen molar-refractivity contribution in [1.82, 2.24) is 9.80 Å². The number of hydrogen-bond donors (Lipinski definition) is 0. The molecule has 79 valence electrons. The molecule has 0 saturated carbocycles. The van der Waals surface area contributed by atoms with E-state index in [0.29, 0.717) is 0 Å². The van der Waals surface area contributed by atoms with Crippen LogP contribution in [0.4, 0.5) is 0 Å². The van der Waals surface area contributed by atoms with Crippen LogP contribution in [0.3, 0.4) is 0 Å². The van der Waals surface area contributed by atoms with Crippen LogP contribution in [0.1, 0.15) is 0 Å². The molecule has 0 unspecified atom stereocenters. The van der Waals surface area contributed by atoms with Crippen molar-refractivity contribution in [2.75, 3.05) is 26.2 Å². The molecule has 0 spiro atoms. The molecule has 0 aromatic rings. The van der Waals surface area contributed by atoms with Crippen LogP contribution < -0.4 is 0 Å². The molecular formula is C9H15ClCuN2. The van der Waals surface area contributed by atoms with Crippen LogP contribution in [0.5, 0.6) is 0 Å². The van der Waals surface area contributed by atoms with E-state index in [4.69, 9.17) is 15.6 Å². The molecule has 1 heterocycles. The molecule has 0 aromatic carbocycles. The molecule has 0 aliphatic carbocycles. The number of hydrogen-bond acceptors (Lipinski definition) is 2. The molecule has 1 aliphatic heterocycles. The Balaban J connectivity index is 0.00000144. The Bertz CT molecular complexity index is 186. The van der Waals surface area contributed by atoms with Crippen molar-refractivity contribution in [2.24, 2.45) is 0 Å². The monoisotopic (exact) mass is 249 g/mol. The minimum absolute atomic E-state index is 0. The van der Waals surface area contributed by atoms with Crippen LogP contribution in [-0.4, -0.2) is 40.6 Å². The Kier molecular flexibility index (Phi) is 6.56. The van der Waals surface area contributed by atoms with Gasteiger partial charge in [-0.15, -0.1) is 12.4 Å². The molecule has 0 aromatic heterocycles. The van der Waals surface area contributed by atoms with Gasteiger partial charge < -0.3 is 0 Å². The molecule has 4 heteroatoms. The van der Waals surface area contributed by atoms with Gasteiger partial charge in [-0.3, -0.25) is 0 Å². The van der Waals surface area contributed by atoms with Gasteiger partial charge in [0.15, 0.2) is 0 Å². The zero-order valence-corrected chi connectivity index (χ0v) is 9.26. The van der Waals surface area contributed by atoms with Gasteiger partial charge in [0.2, 0.25) is 0 Å². The average molecular weight is 250 g/mol. The van der Waals surface area contributed by atoms with E-state index in [9.17, 15) is 0 Å². The second-order valence-corrected chi connectivity index (χ2v) is 3.13. The maximum atomic E-state index is 5.40. The number of rotatable bonds is 4. The summed E-state index contributed by atoms with van der Waals surface area (Å²) in [5, 5.41) is 0. The van der Waals surface area contributed by atoms with E-state index in [2.05, 4.69) is 23.0 Å². The van der Waals surface area contributed by atoms with E-state index in [-0.39, 0.29) is 12.4 Å². The smallest absolute Gasteiger partial charge is 0.147 e. The van der Waals surface area contributed by atoms with Crippen molar-refractivity contribution in [1.29, 1.82) is 0 Å². The molecule has 1 fully saturated rings. The second-order valence-electron chi connectivity index (χ2n) is 2.70. The van der Waals surface area contributed by atoms with E-state index in [1.807, 2.05) is 12.2 Å². The van der Waals surface area contributed by atoms with Gasteiger partial charge in [0.1, 0.15) is 0 Å². The molecule has 0 amide bonds. The van der Waals surface area contributed by atoms with Gasteiger partial charge in [-0.1, -0.05) is 0 Å². The molecular weight excluding hydrogens is 235 g/mol. The Labute approximate surface area is 94.0 Å². The van der Waals surface area contributed by atoms with Crippen molar-refractivity contribution in [3.63, 3.8) is 0 Å². The summed E-state index contributed by atoms with van der Waals surface area (Å²) in [5.41, 5.74) is 0. The first kappa shape index (κ1) is 13.1. The molecule has 1 saturated heterocycles. The molecule has 0 atom stereocenters. The minimum atomic E-state index is 0. The maximum Gasteiger partial charge on any atom is -0.147 e. The third-order valence-corrected chi connectivity index (χ3v) is 2.41. The molecule has 13 heavy (non-hydrogen) atoms. The van der Waals surface area contributed by atoms with E-state index in [1.165, 1.54) is 0 Å². The third-order valence-electron chi connectivity index (χ3n) is 1.81. The van der Waals surface area contributed by atoms with Crippen LogP contribution in [0, 0.1) is 0 Å². The van der Waals surface area contributed by atoms with Gasteiger partial charge in [0, 0.05) is 0 Å². The van der Waals surface area contributed by atoms with Gasteiger partial charge in [-0.05, 0) is 0 Å². The second kappa shape index (κ2) is 6.52. The summed E-state index contributed by atoms with van der Waals surface area (Å²) in [6.07, 6.45) is 3.75. The standard InChI is InChI=1S/C9H14N2.ClH.Cu/c1-3-5-10-7-8-11(9-10)6-4-2;;/h3-4H,1-2,5-8H2;1H;. The minimum Gasteiger partial charge on any atom is -0.147 e. The van der Waals surface area contributed by atoms with Crippen LogP contribution in [0.25, 0.3) is 0 Å². The summed E-state index contributed by atoms with van der Waals surface area (Å²) in [5.74, 6) is 0. The van der Waals surface area contributed by atoms with Gasteiger partial charge in [-0.25, -0.2) is 0 Å². The molecule has 0 radical (unpaired) electrons.